The van der Waals surface area contributed by atoms with Gasteiger partial charge in [-0.05, 0) is 21.8 Å². The van der Waals surface area contributed by atoms with Crippen LogP contribution >= 0.6 is 0 Å². The number of rotatable bonds is 5. The van der Waals surface area contributed by atoms with E-state index in [4.69, 9.17) is 4.43 Å². The third-order valence-electron chi connectivity index (χ3n) is 5.16. The highest BCUT2D eigenvalue weighted by molar-refractivity contribution is 6.99. The number of nitrogens with one attached hydrogen (secondary N) is 1. The summed E-state index contributed by atoms with van der Waals surface area (Å²) in [7, 11) is -2.48. The van der Waals surface area contributed by atoms with Gasteiger partial charge in [0.1, 0.15) is 0 Å². The molecule has 0 saturated carbocycles. The third-order valence-corrected chi connectivity index (χ3v) is 10.3. The molecule has 3 rings (SSSR count). The second-order valence-corrected chi connectivity index (χ2v) is 12.2. The fourth-order valence-electron chi connectivity index (χ4n) is 3.95. The molecule has 0 amide bonds. The second kappa shape index (κ2) is 7.42. The number of benzene rings is 2. The summed E-state index contributed by atoms with van der Waals surface area (Å²) in [6, 6.07) is 21.6. The lowest BCUT2D eigenvalue weighted by molar-refractivity contribution is 0.194. The van der Waals surface area contributed by atoms with Crippen LogP contribution in [0.5, 0.6) is 0 Å². The molecule has 0 aromatic heterocycles. The van der Waals surface area contributed by atoms with Crippen molar-refractivity contribution in [3.63, 3.8) is 0 Å². The molecule has 1 aliphatic rings. The molecule has 3 nitrogen and oxygen atoms in total. The van der Waals surface area contributed by atoms with E-state index in [-0.39, 0.29) is 23.8 Å². The summed E-state index contributed by atoms with van der Waals surface area (Å²) in [5.41, 5.74) is 0. The van der Waals surface area contributed by atoms with Crippen molar-refractivity contribution in [3.05, 3.63) is 60.7 Å². The van der Waals surface area contributed by atoms with Gasteiger partial charge in [0, 0.05) is 12.6 Å². The summed E-state index contributed by atoms with van der Waals surface area (Å²) in [4.78, 5) is 0. The first-order valence-corrected chi connectivity index (χ1v) is 11.0. The normalized spacial score (nSPS) is 21.4. The van der Waals surface area contributed by atoms with Crippen LogP contribution in [-0.4, -0.2) is 38.7 Å². The van der Waals surface area contributed by atoms with Crippen LogP contribution in [-0.2, 0) is 4.43 Å². The van der Waals surface area contributed by atoms with Gasteiger partial charge in [-0.2, -0.15) is 0 Å². The Balaban J connectivity index is 2.09. The molecule has 0 radical (unpaired) electrons. The molecular formula is C21H29NO2Si. The van der Waals surface area contributed by atoms with Crippen LogP contribution in [0.3, 0.4) is 0 Å². The van der Waals surface area contributed by atoms with Crippen LogP contribution in [0, 0.1) is 0 Å². The predicted octanol–water partition coefficient (Wildman–Crippen LogP) is 2.29. The molecule has 2 atom stereocenters. The van der Waals surface area contributed by atoms with E-state index >= 15 is 0 Å². The molecule has 2 aromatic carbocycles. The van der Waals surface area contributed by atoms with Gasteiger partial charge in [-0.15, -0.1) is 0 Å². The Morgan fingerprint density at radius 3 is 1.92 bits per heavy atom. The van der Waals surface area contributed by atoms with Crippen LogP contribution in [0.15, 0.2) is 60.7 Å². The molecular weight excluding hydrogens is 326 g/mol. The monoisotopic (exact) mass is 355 g/mol. The van der Waals surface area contributed by atoms with Gasteiger partial charge >= 0.3 is 0 Å². The summed E-state index contributed by atoms with van der Waals surface area (Å²) in [6.45, 7) is 7.86. The lowest BCUT2D eigenvalue weighted by Crippen LogP contribution is -2.67. The van der Waals surface area contributed by atoms with Gasteiger partial charge < -0.3 is 14.8 Å². The van der Waals surface area contributed by atoms with Crippen molar-refractivity contribution in [2.45, 2.75) is 44.4 Å². The van der Waals surface area contributed by atoms with Gasteiger partial charge in [-0.3, -0.25) is 0 Å². The standard InChI is InChI=1S/C21H29NO2Si/c1-21(2,3)25(19-10-6-4-7-11-19,20-12-8-5-9-13-20)24-18-14-17(16-23)22-15-18/h4-13,17-18,22-23H,14-16H2,1-3H3/t17-,18+/m0/s1. The van der Waals surface area contributed by atoms with E-state index in [1.54, 1.807) is 0 Å². The van der Waals surface area contributed by atoms with Crippen molar-refractivity contribution in [2.75, 3.05) is 13.2 Å². The van der Waals surface area contributed by atoms with Crippen LogP contribution in [0.25, 0.3) is 0 Å². The topological polar surface area (TPSA) is 41.5 Å². The minimum absolute atomic E-state index is 0.00694. The van der Waals surface area contributed by atoms with E-state index < -0.39 is 8.32 Å². The lowest BCUT2D eigenvalue weighted by atomic mass is 10.2. The maximum absolute atomic E-state index is 9.47. The van der Waals surface area contributed by atoms with E-state index in [1.807, 2.05) is 0 Å². The van der Waals surface area contributed by atoms with Gasteiger partial charge in [0.05, 0.1) is 12.7 Å². The average molecular weight is 356 g/mol. The summed E-state index contributed by atoms with van der Waals surface area (Å²) >= 11 is 0. The fraction of sp³-hybridized carbons (Fsp3) is 0.429. The number of aliphatic hydroxyl groups is 1. The molecule has 4 heteroatoms. The average Bonchev–Trinajstić information content (AvgIpc) is 3.08. The summed E-state index contributed by atoms with van der Waals surface area (Å²) in [5, 5.41) is 15.5. The quantitative estimate of drug-likeness (QED) is 0.809. The van der Waals surface area contributed by atoms with E-state index in [2.05, 4.69) is 86.8 Å². The van der Waals surface area contributed by atoms with Crippen molar-refractivity contribution in [1.29, 1.82) is 0 Å². The minimum atomic E-state index is -2.48. The molecule has 1 fully saturated rings. The Kier molecular flexibility index (Phi) is 5.44. The van der Waals surface area contributed by atoms with E-state index in [0.29, 0.717) is 0 Å². The Labute approximate surface area is 152 Å². The zero-order valence-electron chi connectivity index (χ0n) is 15.4. The van der Waals surface area contributed by atoms with Crippen molar-refractivity contribution in [2.24, 2.45) is 0 Å². The van der Waals surface area contributed by atoms with Gasteiger partial charge in [0.25, 0.3) is 8.32 Å². The van der Waals surface area contributed by atoms with Crippen LogP contribution in [0.1, 0.15) is 27.2 Å². The highest BCUT2D eigenvalue weighted by Crippen LogP contribution is 2.38. The second-order valence-electron chi connectivity index (χ2n) is 7.93. The molecule has 1 aliphatic heterocycles. The Morgan fingerprint density at radius 1 is 1.00 bits per heavy atom. The SMILES string of the molecule is CC(C)(C)[Si](O[C@H]1CN[C@H](CO)C1)(c1ccccc1)c1ccccc1. The van der Waals surface area contributed by atoms with Crippen LogP contribution < -0.4 is 15.7 Å². The maximum Gasteiger partial charge on any atom is 0.261 e. The molecule has 0 aliphatic carbocycles. The molecule has 0 bridgehead atoms. The molecule has 2 aromatic rings. The first-order valence-electron chi connectivity index (χ1n) is 9.10. The minimum Gasteiger partial charge on any atom is -0.403 e. The first-order chi connectivity index (χ1) is 12.0. The third kappa shape index (κ3) is 3.58. The summed E-state index contributed by atoms with van der Waals surface area (Å²) in [5.74, 6) is 0. The van der Waals surface area contributed by atoms with Gasteiger partial charge in [0.15, 0.2) is 0 Å². The summed E-state index contributed by atoms with van der Waals surface area (Å²) < 4.78 is 7.03. The Morgan fingerprint density at radius 2 is 1.52 bits per heavy atom. The molecule has 1 heterocycles. The van der Waals surface area contributed by atoms with Crippen molar-refractivity contribution < 1.29 is 9.53 Å². The maximum atomic E-state index is 9.47. The van der Waals surface area contributed by atoms with Gasteiger partial charge in [-0.25, -0.2) is 0 Å². The highest BCUT2D eigenvalue weighted by atomic mass is 28.4. The summed E-state index contributed by atoms with van der Waals surface area (Å²) in [6.07, 6.45) is 0.990. The largest absolute Gasteiger partial charge is 0.403 e. The van der Waals surface area contributed by atoms with Crippen molar-refractivity contribution in [1.82, 2.24) is 5.32 Å². The molecule has 25 heavy (non-hydrogen) atoms. The Hall–Kier alpha value is -1.46. The number of hydrogen-bond donors (Lipinski definition) is 2. The molecule has 134 valence electrons. The van der Waals surface area contributed by atoms with E-state index in [0.717, 1.165) is 13.0 Å². The van der Waals surface area contributed by atoms with Crippen molar-refractivity contribution >= 4 is 18.7 Å². The highest BCUT2D eigenvalue weighted by Gasteiger charge is 2.51. The van der Waals surface area contributed by atoms with E-state index in [1.165, 1.54) is 10.4 Å². The number of aliphatic hydroxyl groups excluding tert-OH is 1. The molecule has 0 unspecified atom stereocenters. The zero-order valence-corrected chi connectivity index (χ0v) is 16.4. The van der Waals surface area contributed by atoms with Crippen LogP contribution in [0.4, 0.5) is 0 Å². The molecule has 1 saturated heterocycles. The molecule has 2 N–H and O–H groups in total. The van der Waals surface area contributed by atoms with Gasteiger partial charge in [-0.1, -0.05) is 81.4 Å². The van der Waals surface area contributed by atoms with Crippen LogP contribution in [0.2, 0.25) is 5.04 Å². The van der Waals surface area contributed by atoms with Gasteiger partial charge in [0.2, 0.25) is 0 Å². The lowest BCUT2D eigenvalue weighted by Gasteiger charge is -2.44. The molecule has 0 spiro atoms. The van der Waals surface area contributed by atoms with E-state index in [9.17, 15) is 5.11 Å². The smallest absolute Gasteiger partial charge is 0.261 e. The van der Waals surface area contributed by atoms with Crippen molar-refractivity contribution in [3.8, 4) is 0 Å². The number of hydrogen-bond acceptors (Lipinski definition) is 3. The predicted molar refractivity (Wildman–Crippen MR) is 106 cm³/mol. The fourth-order valence-corrected chi connectivity index (χ4v) is 8.65. The zero-order chi connectivity index (χ0) is 17.9. The Bertz CT molecular complexity index is 630. The first kappa shape index (κ1) is 18.3.